The minimum absolute atomic E-state index is 0.858. The van der Waals surface area contributed by atoms with Crippen molar-refractivity contribution in [2.75, 3.05) is 13.6 Å². The monoisotopic (exact) mass is 322 g/mol. The van der Waals surface area contributed by atoms with Crippen LogP contribution in [0.25, 0.3) is 0 Å². The number of nitrogens with one attached hydrogen (secondary N) is 1. The molecule has 0 amide bonds. The van der Waals surface area contributed by atoms with E-state index in [1.54, 1.807) is 0 Å². The number of hydrogen-bond donors (Lipinski definition) is 1. The maximum atomic E-state index is 3.64. The van der Waals surface area contributed by atoms with Crippen molar-refractivity contribution in [2.24, 2.45) is 5.92 Å². The molecular weight excluding hydrogens is 300 g/mol. The molecular formula is C16H23BrN2. The van der Waals surface area contributed by atoms with E-state index < -0.39 is 0 Å². The van der Waals surface area contributed by atoms with E-state index in [1.165, 1.54) is 42.3 Å². The van der Waals surface area contributed by atoms with E-state index in [-0.39, 0.29) is 0 Å². The summed E-state index contributed by atoms with van der Waals surface area (Å²) in [6.07, 6.45) is 5.61. The third kappa shape index (κ3) is 3.21. The molecule has 19 heavy (non-hydrogen) atoms. The van der Waals surface area contributed by atoms with Crippen molar-refractivity contribution >= 4 is 15.9 Å². The number of rotatable bonds is 4. The zero-order valence-electron chi connectivity index (χ0n) is 11.6. The fourth-order valence-corrected chi connectivity index (χ4v) is 4.21. The molecule has 0 aliphatic carbocycles. The molecule has 2 saturated heterocycles. The van der Waals surface area contributed by atoms with Crippen molar-refractivity contribution in [1.82, 2.24) is 10.2 Å². The van der Waals surface area contributed by atoms with Gasteiger partial charge in [-0.2, -0.15) is 0 Å². The van der Waals surface area contributed by atoms with Crippen LogP contribution in [0.5, 0.6) is 0 Å². The molecule has 1 aromatic carbocycles. The van der Waals surface area contributed by atoms with E-state index in [4.69, 9.17) is 0 Å². The van der Waals surface area contributed by atoms with Crippen LogP contribution in [-0.4, -0.2) is 30.6 Å². The van der Waals surface area contributed by atoms with Gasteiger partial charge in [0.1, 0.15) is 0 Å². The summed E-state index contributed by atoms with van der Waals surface area (Å²) in [6, 6.07) is 10.3. The standard InChI is InChI=1S/C16H23BrN2/c1-19-15-5-6-16(19)9-13(8-15)11-18-10-12-3-2-4-14(17)7-12/h2-4,7,13,15-16,18H,5-6,8-11H2,1H3. The van der Waals surface area contributed by atoms with E-state index in [0.717, 1.165) is 24.5 Å². The maximum Gasteiger partial charge on any atom is 0.0206 e. The van der Waals surface area contributed by atoms with E-state index in [0.29, 0.717) is 0 Å². The lowest BCUT2D eigenvalue weighted by molar-refractivity contribution is 0.133. The molecule has 0 saturated carbocycles. The molecule has 2 unspecified atom stereocenters. The van der Waals surface area contributed by atoms with Crippen LogP contribution in [0.3, 0.4) is 0 Å². The van der Waals surface area contributed by atoms with Gasteiger partial charge in [-0.1, -0.05) is 28.1 Å². The molecule has 0 radical (unpaired) electrons. The van der Waals surface area contributed by atoms with Crippen molar-refractivity contribution in [3.05, 3.63) is 34.3 Å². The Morgan fingerprint density at radius 3 is 2.68 bits per heavy atom. The lowest BCUT2D eigenvalue weighted by atomic mass is 9.91. The Morgan fingerprint density at radius 1 is 1.26 bits per heavy atom. The lowest BCUT2D eigenvalue weighted by Gasteiger charge is -2.36. The van der Waals surface area contributed by atoms with Crippen molar-refractivity contribution in [1.29, 1.82) is 0 Å². The molecule has 2 aliphatic heterocycles. The number of halogens is 1. The fraction of sp³-hybridized carbons (Fsp3) is 0.625. The van der Waals surface area contributed by atoms with Crippen molar-refractivity contribution in [3.8, 4) is 0 Å². The summed E-state index contributed by atoms with van der Waals surface area (Å²) in [5, 5.41) is 3.64. The first-order valence-electron chi connectivity index (χ1n) is 7.39. The van der Waals surface area contributed by atoms with Gasteiger partial charge in [0, 0.05) is 23.1 Å². The number of piperidine rings is 1. The van der Waals surface area contributed by atoms with Gasteiger partial charge in [-0.15, -0.1) is 0 Å². The number of hydrogen-bond acceptors (Lipinski definition) is 2. The second-order valence-corrected chi connectivity index (χ2v) is 7.06. The minimum atomic E-state index is 0.858. The molecule has 0 aromatic heterocycles. The zero-order chi connectivity index (χ0) is 13.2. The third-order valence-electron chi connectivity index (χ3n) is 4.85. The molecule has 104 valence electrons. The van der Waals surface area contributed by atoms with Gasteiger partial charge in [0.05, 0.1) is 0 Å². The van der Waals surface area contributed by atoms with E-state index >= 15 is 0 Å². The fourth-order valence-electron chi connectivity index (χ4n) is 3.76. The highest BCUT2D eigenvalue weighted by molar-refractivity contribution is 9.10. The van der Waals surface area contributed by atoms with Crippen LogP contribution < -0.4 is 5.32 Å². The van der Waals surface area contributed by atoms with Crippen LogP contribution in [0.15, 0.2) is 28.7 Å². The van der Waals surface area contributed by atoms with Crippen LogP contribution in [-0.2, 0) is 6.54 Å². The van der Waals surface area contributed by atoms with Crippen LogP contribution in [0.2, 0.25) is 0 Å². The normalized spacial score (nSPS) is 30.7. The van der Waals surface area contributed by atoms with Gasteiger partial charge in [0.25, 0.3) is 0 Å². The summed E-state index contributed by atoms with van der Waals surface area (Å²) in [5.74, 6) is 0.876. The molecule has 2 heterocycles. The molecule has 3 heteroatoms. The van der Waals surface area contributed by atoms with Gasteiger partial charge >= 0.3 is 0 Å². The Hall–Kier alpha value is -0.380. The predicted molar refractivity (Wildman–Crippen MR) is 83.1 cm³/mol. The highest BCUT2D eigenvalue weighted by Crippen LogP contribution is 2.37. The van der Waals surface area contributed by atoms with E-state index in [2.05, 4.69) is 57.5 Å². The van der Waals surface area contributed by atoms with Crippen LogP contribution in [0.4, 0.5) is 0 Å². The summed E-state index contributed by atoms with van der Waals surface area (Å²) in [7, 11) is 2.31. The van der Waals surface area contributed by atoms with Gasteiger partial charge in [0.15, 0.2) is 0 Å². The number of nitrogens with zero attached hydrogens (tertiary/aromatic N) is 1. The van der Waals surface area contributed by atoms with Crippen molar-refractivity contribution in [3.63, 3.8) is 0 Å². The number of fused-ring (bicyclic) bond motifs is 2. The van der Waals surface area contributed by atoms with E-state index in [9.17, 15) is 0 Å². The average molecular weight is 323 g/mol. The molecule has 2 bridgehead atoms. The summed E-state index contributed by atoms with van der Waals surface area (Å²) in [4.78, 5) is 2.62. The Bertz CT molecular complexity index is 421. The highest BCUT2D eigenvalue weighted by Gasteiger charge is 2.37. The first kappa shape index (κ1) is 13.6. The highest BCUT2D eigenvalue weighted by atomic mass is 79.9. The molecule has 3 rings (SSSR count). The van der Waals surface area contributed by atoms with Gasteiger partial charge in [0.2, 0.25) is 0 Å². The lowest BCUT2D eigenvalue weighted by Crippen LogP contribution is -2.42. The maximum absolute atomic E-state index is 3.64. The first-order valence-corrected chi connectivity index (χ1v) is 8.19. The minimum Gasteiger partial charge on any atom is -0.312 e. The largest absolute Gasteiger partial charge is 0.312 e. The summed E-state index contributed by atoms with van der Waals surface area (Å²) in [5.41, 5.74) is 1.37. The smallest absolute Gasteiger partial charge is 0.0206 e. The zero-order valence-corrected chi connectivity index (χ0v) is 13.2. The van der Waals surface area contributed by atoms with E-state index in [1.807, 2.05) is 0 Å². The molecule has 2 atom stereocenters. The second-order valence-electron chi connectivity index (χ2n) is 6.15. The quantitative estimate of drug-likeness (QED) is 0.913. The van der Waals surface area contributed by atoms with Crippen LogP contribution in [0, 0.1) is 5.92 Å². The molecule has 1 aromatic rings. The van der Waals surface area contributed by atoms with Gasteiger partial charge in [-0.05, 0) is 62.9 Å². The molecule has 2 nitrogen and oxygen atoms in total. The second kappa shape index (κ2) is 5.94. The summed E-state index contributed by atoms with van der Waals surface area (Å²) in [6.45, 7) is 2.16. The molecule has 0 spiro atoms. The van der Waals surface area contributed by atoms with Gasteiger partial charge in [-0.3, -0.25) is 0 Å². The van der Waals surface area contributed by atoms with Crippen molar-refractivity contribution < 1.29 is 0 Å². The third-order valence-corrected chi connectivity index (χ3v) is 5.34. The molecule has 2 aliphatic rings. The Labute approximate surface area is 124 Å². The van der Waals surface area contributed by atoms with Gasteiger partial charge in [-0.25, -0.2) is 0 Å². The van der Waals surface area contributed by atoms with Crippen LogP contribution >= 0.6 is 15.9 Å². The summed E-state index contributed by atoms with van der Waals surface area (Å²) >= 11 is 3.53. The Morgan fingerprint density at radius 2 is 2.00 bits per heavy atom. The molecule has 2 fully saturated rings. The first-order chi connectivity index (χ1) is 9.22. The molecule has 1 N–H and O–H groups in total. The van der Waals surface area contributed by atoms with Gasteiger partial charge < -0.3 is 10.2 Å². The Kier molecular flexibility index (Phi) is 4.25. The van der Waals surface area contributed by atoms with Crippen LogP contribution in [0.1, 0.15) is 31.2 Å². The predicted octanol–water partition coefficient (Wildman–Crippen LogP) is 3.41. The summed E-state index contributed by atoms with van der Waals surface area (Å²) < 4.78 is 1.17. The Balaban J connectivity index is 1.46. The average Bonchev–Trinajstić information content (AvgIpc) is 2.63. The number of benzene rings is 1. The van der Waals surface area contributed by atoms with Crippen molar-refractivity contribution in [2.45, 2.75) is 44.3 Å². The SMILES string of the molecule is CN1C2CCC1CC(CNCc1cccc(Br)c1)C2. The topological polar surface area (TPSA) is 15.3 Å².